The van der Waals surface area contributed by atoms with Gasteiger partial charge in [0.05, 0.1) is 37.7 Å². The number of esters is 2. The number of benzene rings is 1. The predicted molar refractivity (Wildman–Crippen MR) is 85.4 cm³/mol. The van der Waals surface area contributed by atoms with Crippen LogP contribution < -0.4 is 4.90 Å². The molecule has 0 saturated carbocycles. The van der Waals surface area contributed by atoms with Gasteiger partial charge in [0.15, 0.2) is 0 Å². The third-order valence-electron chi connectivity index (χ3n) is 3.37. The standard InChI is InChI=1S/C15H13BrFNO7/c1-23-14(21)8-5-25-6-18(11(8)15(22)24-2)12-9(16)3-7(13(19)20)4-10(12)17/h3-4H,5-6H2,1-2H3,(H,19,20). The second-order valence-electron chi connectivity index (χ2n) is 4.81. The second kappa shape index (κ2) is 7.62. The summed E-state index contributed by atoms with van der Waals surface area (Å²) in [5.74, 6) is -3.97. The minimum Gasteiger partial charge on any atom is -0.478 e. The van der Waals surface area contributed by atoms with Crippen LogP contribution >= 0.6 is 15.9 Å². The van der Waals surface area contributed by atoms with Crippen molar-refractivity contribution in [3.63, 3.8) is 0 Å². The highest BCUT2D eigenvalue weighted by Crippen LogP contribution is 2.35. The first-order valence-corrected chi connectivity index (χ1v) is 7.58. The Labute approximate surface area is 149 Å². The van der Waals surface area contributed by atoms with Crippen LogP contribution in [0, 0.1) is 5.82 Å². The number of carboxylic acids is 1. The number of halogens is 2. The first-order chi connectivity index (χ1) is 11.8. The Hall–Kier alpha value is -2.46. The smallest absolute Gasteiger partial charge is 0.355 e. The van der Waals surface area contributed by atoms with Gasteiger partial charge in [-0.15, -0.1) is 0 Å². The Balaban J connectivity index is 2.66. The maximum Gasteiger partial charge on any atom is 0.355 e. The lowest BCUT2D eigenvalue weighted by atomic mass is 10.1. The topological polar surface area (TPSA) is 102 Å². The van der Waals surface area contributed by atoms with Gasteiger partial charge in [-0.05, 0) is 28.1 Å². The number of aromatic carboxylic acids is 1. The molecule has 10 heteroatoms. The number of carbonyl (C=O) groups is 3. The minimum absolute atomic E-state index is 0.0565. The number of carbonyl (C=O) groups excluding carboxylic acids is 2. The van der Waals surface area contributed by atoms with Crippen LogP contribution in [0.15, 0.2) is 27.9 Å². The highest BCUT2D eigenvalue weighted by Gasteiger charge is 2.34. The van der Waals surface area contributed by atoms with Crippen LogP contribution in [0.1, 0.15) is 10.4 Å². The molecule has 1 aliphatic rings. The fourth-order valence-corrected chi connectivity index (χ4v) is 2.92. The molecule has 0 amide bonds. The van der Waals surface area contributed by atoms with Crippen molar-refractivity contribution in [3.05, 3.63) is 39.3 Å². The van der Waals surface area contributed by atoms with Crippen molar-refractivity contribution in [2.45, 2.75) is 0 Å². The van der Waals surface area contributed by atoms with E-state index in [1.54, 1.807) is 0 Å². The van der Waals surface area contributed by atoms with Crippen molar-refractivity contribution in [2.75, 3.05) is 32.5 Å². The molecule has 1 heterocycles. The maximum atomic E-state index is 14.5. The molecule has 0 bridgehead atoms. The molecule has 25 heavy (non-hydrogen) atoms. The SMILES string of the molecule is COC(=O)C1=C(C(=O)OC)N(c2c(F)cc(C(=O)O)cc2Br)COC1. The number of methoxy groups -OCH3 is 2. The number of nitrogens with zero attached hydrogens (tertiary/aromatic N) is 1. The monoisotopic (exact) mass is 417 g/mol. The van der Waals surface area contributed by atoms with E-state index in [1.807, 2.05) is 0 Å². The first-order valence-electron chi connectivity index (χ1n) is 6.79. The Morgan fingerprint density at radius 1 is 1.24 bits per heavy atom. The lowest BCUT2D eigenvalue weighted by molar-refractivity contribution is -0.140. The average Bonchev–Trinajstić information content (AvgIpc) is 2.59. The van der Waals surface area contributed by atoms with E-state index in [2.05, 4.69) is 25.4 Å². The molecule has 1 aromatic carbocycles. The number of anilines is 1. The summed E-state index contributed by atoms with van der Waals surface area (Å²) in [4.78, 5) is 36.2. The van der Waals surface area contributed by atoms with E-state index >= 15 is 0 Å². The molecule has 0 aliphatic carbocycles. The Morgan fingerprint density at radius 3 is 2.40 bits per heavy atom. The predicted octanol–water partition coefficient (Wildman–Crippen LogP) is 1.68. The summed E-state index contributed by atoms with van der Waals surface area (Å²) >= 11 is 3.08. The van der Waals surface area contributed by atoms with Crippen molar-refractivity contribution in [3.8, 4) is 0 Å². The van der Waals surface area contributed by atoms with Gasteiger partial charge in [-0.1, -0.05) is 0 Å². The molecule has 1 aromatic rings. The molecular weight excluding hydrogens is 405 g/mol. The maximum absolute atomic E-state index is 14.5. The van der Waals surface area contributed by atoms with E-state index in [9.17, 15) is 18.8 Å². The first kappa shape index (κ1) is 18.9. The fraction of sp³-hybridized carbons (Fsp3) is 0.267. The van der Waals surface area contributed by atoms with E-state index in [0.29, 0.717) is 0 Å². The molecular formula is C15H13BrFNO7. The second-order valence-corrected chi connectivity index (χ2v) is 5.66. The summed E-state index contributed by atoms with van der Waals surface area (Å²) in [5.41, 5.74) is -0.855. The lowest BCUT2D eigenvalue weighted by Gasteiger charge is -2.32. The number of carboxylic acid groups (broad SMARTS) is 1. The summed E-state index contributed by atoms with van der Waals surface area (Å²) in [6, 6.07) is 1.96. The van der Waals surface area contributed by atoms with Crippen LogP contribution in [-0.2, 0) is 23.8 Å². The largest absolute Gasteiger partial charge is 0.478 e. The van der Waals surface area contributed by atoms with Gasteiger partial charge >= 0.3 is 17.9 Å². The van der Waals surface area contributed by atoms with Gasteiger partial charge in [-0.3, -0.25) is 0 Å². The van der Waals surface area contributed by atoms with Gasteiger partial charge in [0.2, 0.25) is 0 Å². The molecule has 0 fully saturated rings. The Kier molecular flexibility index (Phi) is 5.75. The fourth-order valence-electron chi connectivity index (χ4n) is 2.27. The van der Waals surface area contributed by atoms with Gasteiger partial charge in [0, 0.05) is 4.47 Å². The molecule has 2 rings (SSSR count). The van der Waals surface area contributed by atoms with E-state index in [0.717, 1.165) is 25.2 Å². The summed E-state index contributed by atoms with van der Waals surface area (Å²) < 4.78 is 29.1. The van der Waals surface area contributed by atoms with Gasteiger partial charge < -0.3 is 24.2 Å². The average molecular weight is 418 g/mol. The third-order valence-corrected chi connectivity index (χ3v) is 3.97. The van der Waals surface area contributed by atoms with Gasteiger partial charge in [-0.2, -0.15) is 0 Å². The van der Waals surface area contributed by atoms with Crippen LogP contribution in [0.4, 0.5) is 10.1 Å². The zero-order chi connectivity index (χ0) is 18.7. The summed E-state index contributed by atoms with van der Waals surface area (Å²) in [7, 11) is 2.23. The van der Waals surface area contributed by atoms with Gasteiger partial charge in [0.1, 0.15) is 18.2 Å². The van der Waals surface area contributed by atoms with Gasteiger partial charge in [-0.25, -0.2) is 18.8 Å². The lowest BCUT2D eigenvalue weighted by Crippen LogP contribution is -2.39. The van der Waals surface area contributed by atoms with Crippen molar-refractivity contribution in [1.29, 1.82) is 0 Å². The molecule has 0 atom stereocenters. The highest BCUT2D eigenvalue weighted by molar-refractivity contribution is 9.10. The third kappa shape index (κ3) is 3.64. The zero-order valence-corrected chi connectivity index (χ0v) is 14.8. The minimum atomic E-state index is -1.32. The summed E-state index contributed by atoms with van der Waals surface area (Å²) in [5, 5.41) is 8.99. The van der Waals surface area contributed by atoms with Crippen LogP contribution in [-0.4, -0.2) is 50.6 Å². The normalized spacial score (nSPS) is 14.3. The van der Waals surface area contributed by atoms with Crippen molar-refractivity contribution >= 4 is 39.5 Å². The van der Waals surface area contributed by atoms with E-state index in [1.165, 1.54) is 6.07 Å². The van der Waals surface area contributed by atoms with E-state index in [-0.39, 0.29) is 40.3 Å². The van der Waals surface area contributed by atoms with Crippen molar-refractivity contribution in [2.24, 2.45) is 0 Å². The molecule has 1 aliphatic heterocycles. The van der Waals surface area contributed by atoms with E-state index < -0.39 is 23.7 Å². The van der Waals surface area contributed by atoms with Crippen LogP contribution in [0.2, 0.25) is 0 Å². The van der Waals surface area contributed by atoms with Crippen molar-refractivity contribution < 1.29 is 38.1 Å². The number of hydrogen-bond acceptors (Lipinski definition) is 7. The summed E-state index contributed by atoms with van der Waals surface area (Å²) in [6.07, 6.45) is 0. The summed E-state index contributed by atoms with van der Waals surface area (Å²) in [6.45, 7) is -0.479. The quantitative estimate of drug-likeness (QED) is 0.738. The molecule has 1 N–H and O–H groups in total. The zero-order valence-electron chi connectivity index (χ0n) is 13.2. The molecule has 0 radical (unpaired) electrons. The van der Waals surface area contributed by atoms with Crippen LogP contribution in [0.3, 0.4) is 0 Å². The van der Waals surface area contributed by atoms with E-state index in [4.69, 9.17) is 9.84 Å². The molecule has 0 saturated heterocycles. The molecule has 0 spiro atoms. The molecule has 8 nitrogen and oxygen atoms in total. The van der Waals surface area contributed by atoms with Crippen LogP contribution in [0.25, 0.3) is 0 Å². The molecule has 0 unspecified atom stereocenters. The Morgan fingerprint density at radius 2 is 1.88 bits per heavy atom. The number of hydrogen-bond donors (Lipinski definition) is 1. The van der Waals surface area contributed by atoms with Crippen LogP contribution in [0.5, 0.6) is 0 Å². The number of rotatable bonds is 4. The number of ether oxygens (including phenoxy) is 3. The Bertz CT molecular complexity index is 754. The molecule has 134 valence electrons. The molecule has 0 aromatic heterocycles. The van der Waals surface area contributed by atoms with Gasteiger partial charge in [0.25, 0.3) is 0 Å². The highest BCUT2D eigenvalue weighted by atomic mass is 79.9. The van der Waals surface area contributed by atoms with Crippen molar-refractivity contribution in [1.82, 2.24) is 0 Å².